The van der Waals surface area contributed by atoms with Crippen molar-refractivity contribution in [2.45, 2.75) is 30.2 Å². The molecule has 1 aromatic rings. The number of aliphatic carboxylic acids is 1. The average Bonchev–Trinajstić information content (AvgIpc) is 2.85. The van der Waals surface area contributed by atoms with E-state index in [1.165, 1.54) is 18.2 Å². The van der Waals surface area contributed by atoms with Gasteiger partial charge in [0.2, 0.25) is 10.0 Å². The van der Waals surface area contributed by atoms with Crippen molar-refractivity contribution in [3.8, 4) is 6.07 Å². The van der Waals surface area contributed by atoms with Gasteiger partial charge in [0.15, 0.2) is 0 Å². The summed E-state index contributed by atoms with van der Waals surface area (Å²) in [5.74, 6) is -1.73. The van der Waals surface area contributed by atoms with Gasteiger partial charge in [-0.2, -0.15) is 5.26 Å². The van der Waals surface area contributed by atoms with Crippen molar-refractivity contribution in [2.75, 3.05) is 0 Å². The van der Waals surface area contributed by atoms with E-state index in [-0.39, 0.29) is 15.5 Å². The van der Waals surface area contributed by atoms with Crippen LogP contribution in [0.5, 0.6) is 0 Å². The fraction of sp³-hybridized carbons (Fsp3) is 0.385. The molecule has 6 nitrogen and oxygen atoms in total. The fourth-order valence-corrected chi connectivity index (χ4v) is 4.30. The molecule has 2 N–H and O–H groups in total. The van der Waals surface area contributed by atoms with Crippen molar-refractivity contribution in [2.24, 2.45) is 5.92 Å². The average molecular weight is 329 g/mol. The third-order valence-corrected chi connectivity index (χ3v) is 5.46. The Morgan fingerprint density at radius 1 is 1.43 bits per heavy atom. The lowest BCUT2D eigenvalue weighted by Gasteiger charge is -2.18. The van der Waals surface area contributed by atoms with Crippen LogP contribution in [0.3, 0.4) is 0 Å². The third-order valence-electron chi connectivity index (χ3n) is 3.49. The van der Waals surface area contributed by atoms with E-state index in [1.54, 1.807) is 0 Å². The highest BCUT2D eigenvalue weighted by Gasteiger charge is 2.36. The number of halogens is 1. The van der Waals surface area contributed by atoms with Crippen LogP contribution in [0.4, 0.5) is 0 Å². The summed E-state index contributed by atoms with van der Waals surface area (Å²) < 4.78 is 27.0. The first-order chi connectivity index (χ1) is 9.85. The molecule has 2 unspecified atom stereocenters. The number of carbonyl (C=O) groups is 1. The molecule has 0 bridgehead atoms. The number of benzene rings is 1. The molecular weight excluding hydrogens is 316 g/mol. The third kappa shape index (κ3) is 3.35. The number of hydrogen-bond donors (Lipinski definition) is 2. The van der Waals surface area contributed by atoms with Crippen LogP contribution in [-0.2, 0) is 14.8 Å². The second-order valence-corrected chi connectivity index (χ2v) is 6.95. The van der Waals surface area contributed by atoms with Crippen molar-refractivity contribution < 1.29 is 18.3 Å². The maximum absolute atomic E-state index is 12.3. The van der Waals surface area contributed by atoms with E-state index in [4.69, 9.17) is 22.0 Å². The number of rotatable bonds is 4. The van der Waals surface area contributed by atoms with Gasteiger partial charge in [0.05, 0.1) is 22.6 Å². The molecule has 0 aliphatic heterocycles. The fourth-order valence-electron chi connectivity index (χ4n) is 2.45. The Balaban J connectivity index is 2.27. The number of carboxylic acid groups (broad SMARTS) is 1. The summed E-state index contributed by atoms with van der Waals surface area (Å²) in [6.07, 6.45) is 1.58. The van der Waals surface area contributed by atoms with Crippen LogP contribution in [0.1, 0.15) is 24.8 Å². The summed E-state index contributed by atoms with van der Waals surface area (Å²) in [6, 6.07) is 5.08. The molecule has 1 aromatic carbocycles. The molecule has 8 heteroatoms. The van der Waals surface area contributed by atoms with Crippen LogP contribution < -0.4 is 4.72 Å². The van der Waals surface area contributed by atoms with Gasteiger partial charge >= 0.3 is 5.97 Å². The lowest BCUT2D eigenvalue weighted by atomic mass is 10.1. The maximum atomic E-state index is 12.3. The van der Waals surface area contributed by atoms with Gasteiger partial charge in [-0.3, -0.25) is 4.79 Å². The number of carboxylic acids is 1. The zero-order valence-corrected chi connectivity index (χ0v) is 12.5. The smallest absolute Gasteiger partial charge is 0.308 e. The normalized spacial score (nSPS) is 21.9. The predicted octanol–water partition coefficient (Wildman–Crippen LogP) is 1.74. The number of sulfonamides is 1. The van der Waals surface area contributed by atoms with E-state index in [2.05, 4.69) is 4.72 Å². The summed E-state index contributed by atoms with van der Waals surface area (Å²) in [5, 5.41) is 17.8. The van der Waals surface area contributed by atoms with Crippen LogP contribution in [0.2, 0.25) is 5.02 Å². The van der Waals surface area contributed by atoms with Gasteiger partial charge in [0.1, 0.15) is 4.90 Å². The molecule has 21 heavy (non-hydrogen) atoms. The van der Waals surface area contributed by atoms with Crippen LogP contribution in [0, 0.1) is 17.2 Å². The highest BCUT2D eigenvalue weighted by Crippen LogP contribution is 2.29. The van der Waals surface area contributed by atoms with Crippen molar-refractivity contribution >= 4 is 27.6 Å². The monoisotopic (exact) mass is 328 g/mol. The van der Waals surface area contributed by atoms with E-state index in [0.717, 1.165) is 0 Å². The number of hydrogen-bond acceptors (Lipinski definition) is 4. The highest BCUT2D eigenvalue weighted by atomic mass is 35.5. The second-order valence-electron chi connectivity index (χ2n) is 4.86. The molecule has 2 rings (SSSR count). The summed E-state index contributed by atoms with van der Waals surface area (Å²) in [5.41, 5.74) is 0.253. The topological polar surface area (TPSA) is 107 Å². The lowest BCUT2D eigenvalue weighted by molar-refractivity contribution is -0.141. The van der Waals surface area contributed by atoms with Crippen molar-refractivity contribution in [3.05, 3.63) is 28.8 Å². The van der Waals surface area contributed by atoms with Crippen molar-refractivity contribution in [1.82, 2.24) is 4.72 Å². The van der Waals surface area contributed by atoms with E-state index in [9.17, 15) is 13.2 Å². The molecule has 0 aromatic heterocycles. The molecule has 0 amide bonds. The van der Waals surface area contributed by atoms with Gasteiger partial charge in [-0.05, 0) is 31.0 Å². The molecule has 1 aliphatic carbocycles. The summed E-state index contributed by atoms with van der Waals surface area (Å²) in [7, 11) is -3.92. The summed E-state index contributed by atoms with van der Waals surface area (Å²) in [4.78, 5) is 10.9. The standard InChI is InChI=1S/C13H13ClN2O4S/c14-10-6-8(7-15)4-5-12(10)21(19,20)16-11-3-1-2-9(11)13(17)18/h4-6,9,11,16H,1-3H2,(H,17,18). The Bertz CT molecular complexity index is 711. The first-order valence-corrected chi connectivity index (χ1v) is 8.16. The predicted molar refractivity (Wildman–Crippen MR) is 75.3 cm³/mol. The van der Waals surface area contributed by atoms with E-state index in [0.29, 0.717) is 19.3 Å². The van der Waals surface area contributed by atoms with Gasteiger partial charge in [0, 0.05) is 6.04 Å². The molecule has 2 atom stereocenters. The van der Waals surface area contributed by atoms with Crippen LogP contribution in [0.15, 0.2) is 23.1 Å². The summed E-state index contributed by atoms with van der Waals surface area (Å²) >= 11 is 5.89. The van der Waals surface area contributed by atoms with Gasteiger partial charge in [-0.25, -0.2) is 13.1 Å². The molecule has 112 valence electrons. The molecule has 0 spiro atoms. The molecular formula is C13H13ClN2O4S. The summed E-state index contributed by atoms with van der Waals surface area (Å²) in [6.45, 7) is 0. The van der Waals surface area contributed by atoms with Gasteiger partial charge in [0.25, 0.3) is 0 Å². The van der Waals surface area contributed by atoms with Crippen molar-refractivity contribution in [1.29, 1.82) is 5.26 Å². The molecule has 0 saturated heterocycles. The van der Waals surface area contributed by atoms with Gasteiger partial charge < -0.3 is 5.11 Å². The first kappa shape index (κ1) is 15.8. The highest BCUT2D eigenvalue weighted by molar-refractivity contribution is 7.89. The Morgan fingerprint density at radius 2 is 2.14 bits per heavy atom. The quantitative estimate of drug-likeness (QED) is 0.875. The van der Waals surface area contributed by atoms with Crippen LogP contribution in [-0.4, -0.2) is 25.5 Å². The Kier molecular flexibility index (Phi) is 4.52. The Hall–Kier alpha value is -1.62. The van der Waals surface area contributed by atoms with E-state index >= 15 is 0 Å². The minimum absolute atomic E-state index is 0.0635. The minimum Gasteiger partial charge on any atom is -0.481 e. The van der Waals surface area contributed by atoms with E-state index < -0.39 is 28.0 Å². The largest absolute Gasteiger partial charge is 0.481 e. The van der Waals surface area contributed by atoms with Crippen LogP contribution in [0.25, 0.3) is 0 Å². The van der Waals surface area contributed by atoms with Gasteiger partial charge in [-0.15, -0.1) is 0 Å². The second kappa shape index (κ2) is 6.02. The minimum atomic E-state index is -3.92. The molecule has 0 radical (unpaired) electrons. The number of nitriles is 1. The molecule has 1 aliphatic rings. The zero-order chi connectivity index (χ0) is 15.6. The first-order valence-electron chi connectivity index (χ1n) is 6.30. The maximum Gasteiger partial charge on any atom is 0.308 e. The van der Waals surface area contributed by atoms with E-state index in [1.807, 2.05) is 6.07 Å². The van der Waals surface area contributed by atoms with Crippen molar-refractivity contribution in [3.63, 3.8) is 0 Å². The number of nitrogens with one attached hydrogen (secondary N) is 1. The molecule has 1 saturated carbocycles. The SMILES string of the molecule is N#Cc1ccc(S(=O)(=O)NC2CCCC2C(=O)O)c(Cl)c1. The Labute approximate surface area is 127 Å². The van der Waals surface area contributed by atoms with Gasteiger partial charge in [-0.1, -0.05) is 18.0 Å². The van der Waals surface area contributed by atoms with Crippen LogP contribution >= 0.6 is 11.6 Å². The number of nitrogens with zero attached hydrogens (tertiary/aromatic N) is 1. The Morgan fingerprint density at radius 3 is 2.71 bits per heavy atom. The zero-order valence-electron chi connectivity index (χ0n) is 10.9. The molecule has 0 heterocycles. The molecule has 1 fully saturated rings. The lowest BCUT2D eigenvalue weighted by Crippen LogP contribution is -2.40.